The van der Waals surface area contributed by atoms with Gasteiger partial charge in [-0.25, -0.2) is 0 Å². The number of carbonyl (C=O) groups is 3. The Morgan fingerprint density at radius 3 is 2.16 bits per heavy atom. The molecule has 0 aromatic heterocycles. The summed E-state index contributed by atoms with van der Waals surface area (Å²) in [7, 11) is 0. The predicted molar refractivity (Wildman–Crippen MR) is 186 cm³/mol. The Morgan fingerprint density at radius 2 is 1.42 bits per heavy atom. The van der Waals surface area contributed by atoms with Crippen molar-refractivity contribution in [3.63, 3.8) is 0 Å². The van der Waals surface area contributed by atoms with Crippen LogP contribution in [0.15, 0.2) is 149 Å². The highest BCUT2D eigenvalue weighted by Crippen LogP contribution is 2.37. The van der Waals surface area contributed by atoms with Crippen LogP contribution in [-0.2, 0) is 9.59 Å². The fourth-order valence-corrected chi connectivity index (χ4v) is 6.00. The average molecular weight is 677 g/mol. The van der Waals surface area contributed by atoms with Gasteiger partial charge in [0.2, 0.25) is 5.91 Å². The summed E-state index contributed by atoms with van der Waals surface area (Å²) in [6, 6.07) is 40.7. The Morgan fingerprint density at radius 1 is 0.733 bits per heavy atom. The van der Waals surface area contributed by atoms with Gasteiger partial charge in [0.05, 0.1) is 0 Å². The summed E-state index contributed by atoms with van der Waals surface area (Å²) in [4.78, 5) is 41.0. The molecule has 0 aliphatic rings. The first-order chi connectivity index (χ1) is 21.9. The number of para-hydroxylation sites is 1. The fraction of sp³-hybridized carbons (Fsp3) is 0.0541. The van der Waals surface area contributed by atoms with Gasteiger partial charge in [0.15, 0.2) is 0 Å². The van der Waals surface area contributed by atoms with E-state index < -0.39 is 17.1 Å². The Labute approximate surface area is 275 Å². The van der Waals surface area contributed by atoms with Crippen LogP contribution in [0.1, 0.15) is 32.3 Å². The molecule has 1 unspecified atom stereocenters. The molecule has 1 atom stereocenters. The minimum atomic E-state index is -0.547. The molecule has 8 heteroatoms. The standard InChI is InChI=1S/C37H30BrN3O3S/c1-25-12-8-9-21-32(25)40-37(44)34(27-14-4-2-5-15-27)45-31-20-11-19-30(24-31)39-36(43)33(23-26-13-10-18-29(38)22-26)41-35(42)28-16-6-3-7-17-28/h2-24,34H,1H3,(H,39,43)(H,40,44)(H,41,42)/b33-23+. The van der Waals surface area contributed by atoms with Gasteiger partial charge in [0.25, 0.3) is 11.8 Å². The molecule has 0 heterocycles. The van der Waals surface area contributed by atoms with Crippen molar-refractivity contribution in [2.24, 2.45) is 0 Å². The molecule has 5 aromatic rings. The molecule has 3 N–H and O–H groups in total. The molecule has 0 radical (unpaired) electrons. The molecule has 0 aliphatic carbocycles. The number of hydrogen-bond acceptors (Lipinski definition) is 4. The molecule has 6 nitrogen and oxygen atoms in total. The Kier molecular flexibility index (Phi) is 10.6. The van der Waals surface area contributed by atoms with Crippen molar-refractivity contribution in [3.05, 3.63) is 166 Å². The van der Waals surface area contributed by atoms with Crippen LogP contribution in [-0.4, -0.2) is 17.7 Å². The molecule has 224 valence electrons. The number of halogens is 1. The zero-order valence-corrected chi connectivity index (χ0v) is 26.8. The number of benzene rings is 5. The largest absolute Gasteiger partial charge is 0.325 e. The van der Waals surface area contributed by atoms with E-state index in [0.29, 0.717) is 11.3 Å². The van der Waals surface area contributed by atoms with Crippen molar-refractivity contribution in [2.75, 3.05) is 10.6 Å². The first-order valence-corrected chi connectivity index (χ1v) is 15.9. The highest BCUT2D eigenvalue weighted by Gasteiger charge is 2.23. The quantitative estimate of drug-likeness (QED) is 0.102. The van der Waals surface area contributed by atoms with Gasteiger partial charge in [-0.05, 0) is 78.2 Å². The molecular formula is C37H30BrN3O3S. The van der Waals surface area contributed by atoms with Gasteiger partial charge < -0.3 is 16.0 Å². The topological polar surface area (TPSA) is 87.3 Å². The molecule has 3 amide bonds. The summed E-state index contributed by atoms with van der Waals surface area (Å²) in [5.74, 6) is -1.04. The van der Waals surface area contributed by atoms with Crippen molar-refractivity contribution in [3.8, 4) is 0 Å². The second-order valence-corrected chi connectivity index (χ2v) is 12.2. The summed E-state index contributed by atoms with van der Waals surface area (Å²) in [5.41, 5.74) is 4.35. The molecule has 5 rings (SSSR count). The normalized spacial score (nSPS) is 11.7. The van der Waals surface area contributed by atoms with Crippen molar-refractivity contribution in [1.29, 1.82) is 0 Å². The number of anilines is 2. The lowest BCUT2D eigenvalue weighted by molar-refractivity contribution is -0.116. The summed E-state index contributed by atoms with van der Waals surface area (Å²) >= 11 is 4.84. The Hall–Kier alpha value is -4.92. The van der Waals surface area contributed by atoms with E-state index in [9.17, 15) is 14.4 Å². The van der Waals surface area contributed by atoms with Crippen molar-refractivity contribution < 1.29 is 14.4 Å². The monoisotopic (exact) mass is 675 g/mol. The second kappa shape index (κ2) is 15.2. The lowest BCUT2D eigenvalue weighted by Gasteiger charge is -2.18. The first kappa shape index (κ1) is 31.5. The van der Waals surface area contributed by atoms with E-state index in [1.54, 1.807) is 36.4 Å². The molecule has 0 saturated carbocycles. The third kappa shape index (κ3) is 8.81. The van der Waals surface area contributed by atoms with E-state index in [-0.39, 0.29) is 11.6 Å². The minimum Gasteiger partial charge on any atom is -0.325 e. The van der Waals surface area contributed by atoms with Crippen LogP contribution in [0.3, 0.4) is 0 Å². The lowest BCUT2D eigenvalue weighted by atomic mass is 10.1. The summed E-state index contributed by atoms with van der Waals surface area (Å²) in [5, 5.41) is 8.21. The van der Waals surface area contributed by atoms with E-state index in [1.165, 1.54) is 11.8 Å². The van der Waals surface area contributed by atoms with E-state index in [4.69, 9.17) is 0 Å². The van der Waals surface area contributed by atoms with Crippen LogP contribution in [0.4, 0.5) is 11.4 Å². The molecule has 5 aromatic carbocycles. The van der Waals surface area contributed by atoms with Gasteiger partial charge in [0, 0.05) is 26.3 Å². The lowest BCUT2D eigenvalue weighted by Crippen LogP contribution is -2.30. The van der Waals surface area contributed by atoms with Gasteiger partial charge in [-0.15, -0.1) is 11.8 Å². The Bertz CT molecular complexity index is 1840. The van der Waals surface area contributed by atoms with Crippen LogP contribution in [0.25, 0.3) is 6.08 Å². The fourth-order valence-electron chi connectivity index (χ4n) is 4.50. The summed E-state index contributed by atoms with van der Waals surface area (Å²) in [6.45, 7) is 1.95. The van der Waals surface area contributed by atoms with Gasteiger partial charge >= 0.3 is 0 Å². The zero-order chi connectivity index (χ0) is 31.6. The van der Waals surface area contributed by atoms with E-state index in [2.05, 4.69) is 31.9 Å². The number of nitrogens with one attached hydrogen (secondary N) is 3. The molecule has 0 saturated heterocycles. The van der Waals surface area contributed by atoms with Crippen molar-refractivity contribution in [2.45, 2.75) is 17.1 Å². The minimum absolute atomic E-state index is 0.0831. The number of carbonyl (C=O) groups excluding carboxylic acids is 3. The number of thioether (sulfide) groups is 1. The average Bonchev–Trinajstić information content (AvgIpc) is 3.05. The van der Waals surface area contributed by atoms with E-state index in [0.717, 1.165) is 31.7 Å². The van der Waals surface area contributed by atoms with E-state index >= 15 is 0 Å². The zero-order valence-electron chi connectivity index (χ0n) is 24.4. The molecule has 45 heavy (non-hydrogen) atoms. The van der Waals surface area contributed by atoms with Crippen LogP contribution in [0.5, 0.6) is 0 Å². The Balaban J connectivity index is 1.38. The number of rotatable bonds is 10. The third-order valence-corrected chi connectivity index (χ3v) is 8.52. The number of hydrogen-bond donors (Lipinski definition) is 3. The van der Waals surface area contributed by atoms with Crippen molar-refractivity contribution >= 4 is 62.9 Å². The number of aryl methyl sites for hydroxylation is 1. The van der Waals surface area contributed by atoms with Crippen LogP contribution < -0.4 is 16.0 Å². The molecular weight excluding hydrogens is 646 g/mol. The maximum atomic E-state index is 13.6. The van der Waals surface area contributed by atoms with Crippen LogP contribution in [0.2, 0.25) is 0 Å². The maximum absolute atomic E-state index is 13.6. The predicted octanol–water partition coefficient (Wildman–Crippen LogP) is 8.64. The second-order valence-electron chi connectivity index (χ2n) is 10.1. The van der Waals surface area contributed by atoms with Gasteiger partial charge in [-0.1, -0.05) is 101 Å². The maximum Gasteiger partial charge on any atom is 0.272 e. The smallest absolute Gasteiger partial charge is 0.272 e. The van der Waals surface area contributed by atoms with Crippen molar-refractivity contribution in [1.82, 2.24) is 5.32 Å². The molecule has 0 fully saturated rings. The summed E-state index contributed by atoms with van der Waals surface area (Å²) in [6.07, 6.45) is 1.63. The van der Waals surface area contributed by atoms with Gasteiger partial charge in [-0.3, -0.25) is 14.4 Å². The molecule has 0 aliphatic heterocycles. The third-order valence-electron chi connectivity index (χ3n) is 6.78. The number of amides is 3. The molecule has 0 spiro atoms. The SMILES string of the molecule is Cc1ccccc1NC(=O)C(Sc1cccc(NC(=O)/C(=C\c2cccc(Br)c2)NC(=O)c2ccccc2)c1)c1ccccc1. The van der Waals surface area contributed by atoms with Gasteiger partial charge in [0.1, 0.15) is 10.9 Å². The van der Waals surface area contributed by atoms with Gasteiger partial charge in [-0.2, -0.15) is 0 Å². The highest BCUT2D eigenvalue weighted by molar-refractivity contribution is 9.10. The first-order valence-electron chi connectivity index (χ1n) is 14.2. The summed E-state index contributed by atoms with van der Waals surface area (Å²) < 4.78 is 0.842. The van der Waals surface area contributed by atoms with E-state index in [1.807, 2.05) is 110 Å². The molecule has 0 bridgehead atoms. The van der Waals surface area contributed by atoms with Crippen LogP contribution >= 0.6 is 27.7 Å². The van der Waals surface area contributed by atoms with Crippen LogP contribution in [0, 0.1) is 6.92 Å². The highest BCUT2D eigenvalue weighted by atomic mass is 79.9.